The number of H-pyrrole nitrogens is 1. The minimum Gasteiger partial charge on any atom is -0.360 e. The zero-order valence-electron chi connectivity index (χ0n) is 6.19. The Labute approximate surface area is 70.0 Å². The van der Waals surface area contributed by atoms with Gasteiger partial charge >= 0.3 is 0 Å². The third kappa shape index (κ3) is 1.02. The highest BCUT2D eigenvalue weighted by Gasteiger charge is 1.99. The second kappa shape index (κ2) is 2.28. The SMILES string of the molecule is Cc1cc(Cl)c2[nH]ccc2c1. The van der Waals surface area contributed by atoms with Crippen LogP contribution in [-0.2, 0) is 0 Å². The number of aromatic amines is 1. The van der Waals surface area contributed by atoms with Gasteiger partial charge in [-0.3, -0.25) is 0 Å². The molecule has 0 saturated carbocycles. The van der Waals surface area contributed by atoms with Gasteiger partial charge in [-0.15, -0.1) is 0 Å². The molecule has 56 valence electrons. The van der Waals surface area contributed by atoms with Crippen LogP contribution in [0.2, 0.25) is 5.02 Å². The summed E-state index contributed by atoms with van der Waals surface area (Å²) < 4.78 is 0. The standard InChI is InChI=1S/C9H8ClN/c1-6-4-7-2-3-11-9(7)8(10)5-6/h2-5,11H,1H3. The smallest absolute Gasteiger partial charge is 0.0649 e. The maximum atomic E-state index is 5.97. The van der Waals surface area contributed by atoms with Gasteiger partial charge in [0.2, 0.25) is 0 Å². The van der Waals surface area contributed by atoms with E-state index in [2.05, 4.69) is 11.1 Å². The van der Waals surface area contributed by atoms with Crippen molar-refractivity contribution >= 4 is 22.5 Å². The van der Waals surface area contributed by atoms with E-state index in [4.69, 9.17) is 11.6 Å². The van der Waals surface area contributed by atoms with Crippen molar-refractivity contribution in [3.8, 4) is 0 Å². The maximum absolute atomic E-state index is 5.97. The maximum Gasteiger partial charge on any atom is 0.0649 e. The summed E-state index contributed by atoms with van der Waals surface area (Å²) in [4.78, 5) is 3.08. The van der Waals surface area contributed by atoms with Crippen molar-refractivity contribution in [3.63, 3.8) is 0 Å². The van der Waals surface area contributed by atoms with Gasteiger partial charge in [-0.25, -0.2) is 0 Å². The van der Waals surface area contributed by atoms with E-state index in [1.54, 1.807) is 0 Å². The molecule has 0 spiro atoms. The molecule has 0 unspecified atom stereocenters. The van der Waals surface area contributed by atoms with Crippen molar-refractivity contribution in [2.75, 3.05) is 0 Å². The topological polar surface area (TPSA) is 15.8 Å². The van der Waals surface area contributed by atoms with Crippen LogP contribution in [0.3, 0.4) is 0 Å². The molecule has 2 aromatic rings. The first-order chi connectivity index (χ1) is 5.27. The van der Waals surface area contributed by atoms with Crippen LogP contribution < -0.4 is 0 Å². The average molecular weight is 166 g/mol. The van der Waals surface area contributed by atoms with Gasteiger partial charge in [0.15, 0.2) is 0 Å². The zero-order chi connectivity index (χ0) is 7.84. The molecule has 0 aliphatic heterocycles. The van der Waals surface area contributed by atoms with E-state index in [-0.39, 0.29) is 0 Å². The first-order valence-electron chi connectivity index (χ1n) is 3.50. The lowest BCUT2D eigenvalue weighted by molar-refractivity contribution is 1.46. The van der Waals surface area contributed by atoms with E-state index < -0.39 is 0 Å². The first-order valence-corrected chi connectivity index (χ1v) is 3.88. The molecule has 0 amide bonds. The van der Waals surface area contributed by atoms with Gasteiger partial charge in [-0.05, 0) is 30.7 Å². The number of hydrogen-bond acceptors (Lipinski definition) is 0. The number of fused-ring (bicyclic) bond motifs is 1. The Balaban J connectivity index is 2.91. The largest absolute Gasteiger partial charge is 0.360 e. The summed E-state index contributed by atoms with van der Waals surface area (Å²) in [6.45, 7) is 2.04. The Kier molecular flexibility index (Phi) is 1.40. The van der Waals surface area contributed by atoms with Crippen LogP contribution in [0, 0.1) is 6.92 Å². The van der Waals surface area contributed by atoms with Crippen LogP contribution >= 0.6 is 11.6 Å². The molecule has 1 aromatic heterocycles. The Morgan fingerprint density at radius 3 is 3.00 bits per heavy atom. The van der Waals surface area contributed by atoms with Gasteiger partial charge in [0.25, 0.3) is 0 Å². The summed E-state index contributed by atoms with van der Waals surface area (Å²) in [6, 6.07) is 6.09. The average Bonchev–Trinajstić information content (AvgIpc) is 2.34. The first kappa shape index (κ1) is 6.74. The van der Waals surface area contributed by atoms with Crippen molar-refractivity contribution in [1.82, 2.24) is 4.98 Å². The summed E-state index contributed by atoms with van der Waals surface area (Å²) in [5.41, 5.74) is 2.22. The minimum atomic E-state index is 0.796. The lowest BCUT2D eigenvalue weighted by Crippen LogP contribution is -1.73. The fourth-order valence-corrected chi connectivity index (χ4v) is 1.60. The van der Waals surface area contributed by atoms with Gasteiger partial charge in [0, 0.05) is 11.6 Å². The Hall–Kier alpha value is -0.950. The van der Waals surface area contributed by atoms with E-state index in [0.717, 1.165) is 10.5 Å². The number of hydrogen-bond donors (Lipinski definition) is 1. The van der Waals surface area contributed by atoms with Crippen LogP contribution in [0.1, 0.15) is 5.56 Å². The molecule has 1 nitrogen and oxygen atoms in total. The number of benzene rings is 1. The molecule has 0 radical (unpaired) electrons. The van der Waals surface area contributed by atoms with E-state index >= 15 is 0 Å². The lowest BCUT2D eigenvalue weighted by Gasteiger charge is -1.95. The molecule has 0 aliphatic carbocycles. The molecule has 0 bridgehead atoms. The second-order valence-corrected chi connectivity index (χ2v) is 3.10. The Morgan fingerprint density at radius 2 is 2.18 bits per heavy atom. The van der Waals surface area contributed by atoms with E-state index in [1.165, 1.54) is 10.9 Å². The van der Waals surface area contributed by atoms with Crippen molar-refractivity contribution in [2.24, 2.45) is 0 Å². The summed E-state index contributed by atoms with van der Waals surface area (Å²) in [5.74, 6) is 0. The second-order valence-electron chi connectivity index (χ2n) is 2.69. The summed E-state index contributed by atoms with van der Waals surface area (Å²) in [5, 5.41) is 1.97. The van der Waals surface area contributed by atoms with Gasteiger partial charge in [-0.2, -0.15) is 0 Å². The van der Waals surface area contributed by atoms with Gasteiger partial charge in [0.1, 0.15) is 0 Å². The predicted octanol–water partition coefficient (Wildman–Crippen LogP) is 3.13. The predicted molar refractivity (Wildman–Crippen MR) is 48.0 cm³/mol. The van der Waals surface area contributed by atoms with Gasteiger partial charge < -0.3 is 4.98 Å². The molecular weight excluding hydrogens is 158 g/mol. The molecule has 0 atom stereocenters. The summed E-state index contributed by atoms with van der Waals surface area (Å²) in [7, 11) is 0. The highest BCUT2D eigenvalue weighted by atomic mass is 35.5. The Morgan fingerprint density at radius 1 is 1.36 bits per heavy atom. The van der Waals surface area contributed by atoms with Crippen molar-refractivity contribution < 1.29 is 0 Å². The van der Waals surface area contributed by atoms with Crippen LogP contribution in [0.15, 0.2) is 24.4 Å². The van der Waals surface area contributed by atoms with Gasteiger partial charge in [0.05, 0.1) is 10.5 Å². The van der Waals surface area contributed by atoms with Crippen molar-refractivity contribution in [1.29, 1.82) is 0 Å². The minimum absolute atomic E-state index is 0.796. The monoisotopic (exact) mass is 165 g/mol. The molecule has 2 heteroatoms. The van der Waals surface area contributed by atoms with Crippen LogP contribution in [0.25, 0.3) is 10.9 Å². The fourth-order valence-electron chi connectivity index (χ4n) is 1.27. The zero-order valence-corrected chi connectivity index (χ0v) is 6.94. The van der Waals surface area contributed by atoms with Crippen LogP contribution in [-0.4, -0.2) is 4.98 Å². The van der Waals surface area contributed by atoms with Crippen molar-refractivity contribution in [3.05, 3.63) is 35.0 Å². The van der Waals surface area contributed by atoms with Crippen LogP contribution in [0.5, 0.6) is 0 Å². The number of aromatic nitrogens is 1. The molecule has 1 aromatic carbocycles. The van der Waals surface area contributed by atoms with E-state index in [9.17, 15) is 0 Å². The molecule has 0 fully saturated rings. The quantitative estimate of drug-likeness (QED) is 0.618. The van der Waals surface area contributed by atoms with Crippen molar-refractivity contribution in [2.45, 2.75) is 6.92 Å². The van der Waals surface area contributed by atoms with Crippen LogP contribution in [0.4, 0.5) is 0 Å². The number of halogens is 1. The molecule has 0 aliphatic rings. The normalized spacial score (nSPS) is 10.7. The number of rotatable bonds is 0. The third-order valence-corrected chi connectivity index (χ3v) is 2.05. The molecule has 2 rings (SSSR count). The molecule has 0 saturated heterocycles. The number of nitrogens with one attached hydrogen (secondary N) is 1. The van der Waals surface area contributed by atoms with E-state index in [0.29, 0.717) is 0 Å². The van der Waals surface area contributed by atoms with Gasteiger partial charge in [-0.1, -0.05) is 11.6 Å². The highest BCUT2D eigenvalue weighted by molar-refractivity contribution is 6.35. The lowest BCUT2D eigenvalue weighted by atomic mass is 10.2. The Bertz CT molecular complexity index is 389. The third-order valence-electron chi connectivity index (χ3n) is 1.76. The molecule has 1 N–H and O–H groups in total. The molecule has 11 heavy (non-hydrogen) atoms. The summed E-state index contributed by atoms with van der Waals surface area (Å²) >= 11 is 5.97. The number of aryl methyl sites for hydroxylation is 1. The molecule has 1 heterocycles. The fraction of sp³-hybridized carbons (Fsp3) is 0.111. The molecular formula is C9H8ClN. The summed E-state index contributed by atoms with van der Waals surface area (Å²) in [6.07, 6.45) is 1.90. The highest BCUT2D eigenvalue weighted by Crippen LogP contribution is 2.23. The van der Waals surface area contributed by atoms with E-state index in [1.807, 2.05) is 25.3 Å².